The van der Waals surface area contributed by atoms with Gasteiger partial charge in [0.15, 0.2) is 6.10 Å². The topological polar surface area (TPSA) is 72.8 Å². The quantitative estimate of drug-likeness (QED) is 0.0583. The Kier molecular flexibility index (Phi) is 29.1. The average Bonchev–Trinajstić information content (AvgIpc) is 2.92. The van der Waals surface area contributed by atoms with E-state index in [0.29, 0.717) is 6.42 Å². The Morgan fingerprint density at radius 2 is 1.05 bits per heavy atom. The van der Waals surface area contributed by atoms with Gasteiger partial charge in [-0.2, -0.15) is 0 Å². The van der Waals surface area contributed by atoms with E-state index in [1.165, 1.54) is 122 Å². The molecular weight excluding hydrogens is 476 g/mol. The van der Waals surface area contributed by atoms with Gasteiger partial charge < -0.3 is 14.6 Å². The molecule has 5 heteroatoms. The van der Waals surface area contributed by atoms with Crippen LogP contribution < -0.4 is 0 Å². The van der Waals surface area contributed by atoms with E-state index in [0.717, 1.165) is 32.1 Å². The number of rotatable bonds is 29. The van der Waals surface area contributed by atoms with Crippen molar-refractivity contribution in [3.8, 4) is 0 Å². The monoisotopic (exact) mass is 538 g/mol. The summed E-state index contributed by atoms with van der Waals surface area (Å²) in [6.45, 7) is 4.04. The average molecular weight is 539 g/mol. The van der Waals surface area contributed by atoms with Crippen LogP contribution in [-0.2, 0) is 19.1 Å². The van der Waals surface area contributed by atoms with Gasteiger partial charge in [0, 0.05) is 12.5 Å². The number of carbonyl (C=O) groups is 2. The predicted octanol–water partition coefficient (Wildman–Crippen LogP) is 9.39. The minimum absolute atomic E-state index is 0.0921. The van der Waals surface area contributed by atoms with Gasteiger partial charge in [-0.15, -0.1) is 0 Å². The van der Waals surface area contributed by atoms with E-state index in [-0.39, 0.29) is 19.2 Å². The minimum Gasteiger partial charge on any atom is -0.462 e. The Labute approximate surface area is 235 Å². The second-order valence-electron chi connectivity index (χ2n) is 10.9. The molecule has 0 fully saturated rings. The van der Waals surface area contributed by atoms with Crippen LogP contribution in [0, 0.1) is 0 Å². The molecule has 0 aliphatic carbocycles. The highest BCUT2D eigenvalue weighted by Gasteiger charge is 2.14. The first-order valence-electron chi connectivity index (χ1n) is 16.3. The number of esters is 2. The molecule has 0 amide bonds. The fourth-order valence-electron chi connectivity index (χ4n) is 4.63. The highest BCUT2D eigenvalue weighted by atomic mass is 16.6. The summed E-state index contributed by atoms with van der Waals surface area (Å²) < 4.78 is 10.4. The van der Waals surface area contributed by atoms with E-state index in [1.54, 1.807) is 0 Å². The van der Waals surface area contributed by atoms with E-state index in [1.807, 2.05) is 6.08 Å². The van der Waals surface area contributed by atoms with Crippen LogP contribution in [-0.4, -0.2) is 36.4 Å². The van der Waals surface area contributed by atoms with Gasteiger partial charge in [-0.3, -0.25) is 4.79 Å². The largest absolute Gasteiger partial charge is 0.462 e. The lowest BCUT2D eigenvalue weighted by Gasteiger charge is -2.14. The Morgan fingerprint density at radius 3 is 1.50 bits per heavy atom. The summed E-state index contributed by atoms with van der Waals surface area (Å²) in [7, 11) is 0. The van der Waals surface area contributed by atoms with Gasteiger partial charge in [0.1, 0.15) is 6.61 Å². The number of hydrogen-bond acceptors (Lipinski definition) is 5. The van der Waals surface area contributed by atoms with Crippen molar-refractivity contribution in [1.29, 1.82) is 0 Å². The third-order valence-corrected chi connectivity index (χ3v) is 7.13. The van der Waals surface area contributed by atoms with Crippen molar-refractivity contribution in [1.82, 2.24) is 0 Å². The molecule has 0 aromatic carbocycles. The highest BCUT2D eigenvalue weighted by Crippen LogP contribution is 2.13. The zero-order valence-electron chi connectivity index (χ0n) is 25.2. The summed E-state index contributed by atoms with van der Waals surface area (Å²) in [5.41, 5.74) is 0. The molecule has 1 N–H and O–H groups in total. The van der Waals surface area contributed by atoms with Gasteiger partial charge in [0.25, 0.3) is 0 Å². The van der Waals surface area contributed by atoms with Gasteiger partial charge in [-0.1, -0.05) is 148 Å². The molecule has 0 heterocycles. The number of aliphatic hydroxyl groups excluding tert-OH is 1. The number of allylic oxidation sites excluding steroid dienone is 1. The highest BCUT2D eigenvalue weighted by molar-refractivity contribution is 5.82. The lowest BCUT2D eigenvalue weighted by molar-refractivity contribution is -0.157. The van der Waals surface area contributed by atoms with E-state index < -0.39 is 12.1 Å². The van der Waals surface area contributed by atoms with Crippen LogP contribution in [0.3, 0.4) is 0 Å². The van der Waals surface area contributed by atoms with Crippen molar-refractivity contribution < 1.29 is 24.2 Å². The Hall–Kier alpha value is -1.36. The van der Waals surface area contributed by atoms with Gasteiger partial charge in [-0.25, -0.2) is 4.79 Å². The van der Waals surface area contributed by atoms with E-state index in [4.69, 9.17) is 9.47 Å². The van der Waals surface area contributed by atoms with Crippen molar-refractivity contribution in [2.45, 2.75) is 174 Å². The van der Waals surface area contributed by atoms with Crippen LogP contribution in [0.1, 0.15) is 168 Å². The SMILES string of the molecule is CCCCCCCCCCCCCCCC=CC(=O)OC(CO)COC(=O)CCCCCCCCCCC. The number of hydrogen-bond donors (Lipinski definition) is 1. The van der Waals surface area contributed by atoms with Crippen molar-refractivity contribution in [2.75, 3.05) is 13.2 Å². The molecule has 0 saturated heterocycles. The minimum atomic E-state index is -0.810. The molecule has 0 saturated carbocycles. The second kappa shape index (κ2) is 30.2. The van der Waals surface area contributed by atoms with Crippen molar-refractivity contribution >= 4 is 11.9 Å². The normalized spacial score (nSPS) is 12.2. The predicted molar refractivity (Wildman–Crippen MR) is 159 cm³/mol. The van der Waals surface area contributed by atoms with E-state index in [9.17, 15) is 14.7 Å². The molecule has 0 radical (unpaired) electrons. The maximum absolute atomic E-state index is 12.0. The fourth-order valence-corrected chi connectivity index (χ4v) is 4.63. The lowest BCUT2D eigenvalue weighted by atomic mass is 10.0. The van der Waals surface area contributed by atoms with Gasteiger partial charge >= 0.3 is 11.9 Å². The Bertz CT molecular complexity index is 546. The van der Waals surface area contributed by atoms with Crippen LogP contribution in [0.15, 0.2) is 12.2 Å². The molecule has 0 spiro atoms. The van der Waals surface area contributed by atoms with E-state index >= 15 is 0 Å². The summed E-state index contributed by atoms with van der Waals surface area (Å²) in [4.78, 5) is 23.9. The zero-order chi connectivity index (χ0) is 27.9. The Morgan fingerprint density at radius 1 is 0.632 bits per heavy atom. The molecule has 0 aliphatic rings. The number of unbranched alkanes of at least 4 members (excludes halogenated alkanes) is 21. The summed E-state index contributed by atoms with van der Waals surface area (Å²) in [5, 5.41) is 9.45. The van der Waals surface area contributed by atoms with Crippen molar-refractivity contribution in [3.05, 3.63) is 12.2 Å². The zero-order valence-corrected chi connectivity index (χ0v) is 25.2. The molecule has 0 aromatic heterocycles. The van der Waals surface area contributed by atoms with Crippen LogP contribution in [0.4, 0.5) is 0 Å². The number of aliphatic hydroxyl groups is 1. The van der Waals surface area contributed by atoms with Gasteiger partial charge in [-0.05, 0) is 19.3 Å². The van der Waals surface area contributed by atoms with Crippen LogP contribution >= 0.6 is 0 Å². The van der Waals surface area contributed by atoms with E-state index in [2.05, 4.69) is 13.8 Å². The number of ether oxygens (including phenoxy) is 2. The lowest BCUT2D eigenvalue weighted by Crippen LogP contribution is -2.27. The van der Waals surface area contributed by atoms with Crippen molar-refractivity contribution in [3.63, 3.8) is 0 Å². The molecule has 0 rings (SSSR count). The Balaban J connectivity index is 3.61. The second-order valence-corrected chi connectivity index (χ2v) is 10.9. The third kappa shape index (κ3) is 27.7. The maximum atomic E-state index is 12.0. The van der Waals surface area contributed by atoms with Crippen LogP contribution in [0.25, 0.3) is 0 Å². The van der Waals surface area contributed by atoms with Gasteiger partial charge in [0.05, 0.1) is 6.61 Å². The first-order valence-corrected chi connectivity index (χ1v) is 16.3. The molecule has 38 heavy (non-hydrogen) atoms. The molecule has 5 nitrogen and oxygen atoms in total. The van der Waals surface area contributed by atoms with Crippen LogP contribution in [0.5, 0.6) is 0 Å². The maximum Gasteiger partial charge on any atom is 0.330 e. The molecular formula is C33H62O5. The third-order valence-electron chi connectivity index (χ3n) is 7.13. The molecule has 1 atom stereocenters. The summed E-state index contributed by atoms with van der Waals surface area (Å²) in [5.74, 6) is -0.783. The van der Waals surface area contributed by atoms with Crippen molar-refractivity contribution in [2.24, 2.45) is 0 Å². The molecule has 0 aromatic rings. The fraction of sp³-hybridized carbons (Fsp3) is 0.879. The smallest absolute Gasteiger partial charge is 0.330 e. The van der Waals surface area contributed by atoms with Gasteiger partial charge in [0.2, 0.25) is 0 Å². The van der Waals surface area contributed by atoms with Crippen LogP contribution in [0.2, 0.25) is 0 Å². The molecule has 1 unspecified atom stereocenters. The first kappa shape index (κ1) is 36.6. The standard InChI is InChI=1S/C33H62O5/c1-3-5-7-9-11-13-14-15-16-17-18-20-22-24-26-28-33(36)38-31(29-34)30-37-32(35)27-25-23-21-19-12-10-8-6-4-2/h26,28,31,34H,3-25,27,29-30H2,1-2H3. The summed E-state index contributed by atoms with van der Waals surface area (Å²) >= 11 is 0. The molecule has 0 bridgehead atoms. The molecule has 224 valence electrons. The molecule has 0 aliphatic heterocycles. The summed E-state index contributed by atoms with van der Waals surface area (Å²) in [6.07, 6.45) is 31.6. The summed E-state index contributed by atoms with van der Waals surface area (Å²) in [6, 6.07) is 0. The first-order chi connectivity index (χ1) is 18.6. The number of carbonyl (C=O) groups excluding carboxylic acids is 2.